The first kappa shape index (κ1) is 13.6. The van der Waals surface area contributed by atoms with E-state index in [1.807, 2.05) is 19.2 Å². The molecule has 1 aromatic carbocycles. The predicted octanol–water partition coefficient (Wildman–Crippen LogP) is 3.56. The lowest BCUT2D eigenvalue weighted by molar-refractivity contribution is -0.384. The first-order valence-corrected chi connectivity index (χ1v) is 6.95. The lowest BCUT2D eigenvalue weighted by atomic mass is 10.1. The molecule has 0 unspecified atom stereocenters. The molecule has 0 amide bonds. The Hall–Kier alpha value is -2.41. The minimum Gasteiger partial charge on any atom is -0.383 e. The molecule has 2 aromatic heterocycles. The van der Waals surface area contributed by atoms with E-state index in [-0.39, 0.29) is 5.69 Å². The smallest absolute Gasteiger partial charge is 0.270 e. The van der Waals surface area contributed by atoms with Gasteiger partial charge in [-0.1, -0.05) is 12.1 Å². The molecule has 0 bridgehead atoms. The van der Waals surface area contributed by atoms with Crippen molar-refractivity contribution < 1.29 is 4.92 Å². The first-order chi connectivity index (χ1) is 9.97. The maximum Gasteiger partial charge on any atom is 0.270 e. The third-order valence-electron chi connectivity index (χ3n) is 3.27. The number of benzene rings is 1. The Morgan fingerprint density at radius 1 is 1.38 bits per heavy atom. The summed E-state index contributed by atoms with van der Waals surface area (Å²) in [4.78, 5) is 14.9. The fourth-order valence-corrected chi connectivity index (χ4v) is 2.48. The van der Waals surface area contributed by atoms with Crippen molar-refractivity contribution in [3.63, 3.8) is 0 Å². The van der Waals surface area contributed by atoms with Gasteiger partial charge in [-0.25, -0.2) is 4.98 Å². The molecule has 6 nitrogen and oxygen atoms in total. The van der Waals surface area contributed by atoms with Crippen molar-refractivity contribution in [3.05, 3.63) is 56.7 Å². The molecule has 0 spiro atoms. The van der Waals surface area contributed by atoms with Gasteiger partial charge < -0.3 is 5.73 Å². The average Bonchev–Trinajstić information content (AvgIpc) is 2.77. The van der Waals surface area contributed by atoms with Crippen LogP contribution in [0.25, 0.3) is 16.9 Å². The molecule has 2 heterocycles. The second kappa shape index (κ2) is 4.85. The van der Waals surface area contributed by atoms with E-state index >= 15 is 0 Å². The zero-order chi connectivity index (χ0) is 15.1. The number of aromatic nitrogens is 2. The lowest BCUT2D eigenvalue weighted by Crippen LogP contribution is -1.95. The van der Waals surface area contributed by atoms with E-state index in [4.69, 9.17) is 5.73 Å². The monoisotopic (exact) mass is 346 g/mol. The van der Waals surface area contributed by atoms with Gasteiger partial charge >= 0.3 is 0 Å². The van der Waals surface area contributed by atoms with Gasteiger partial charge in [-0.05, 0) is 34.5 Å². The number of hydrogen-bond acceptors (Lipinski definition) is 4. The van der Waals surface area contributed by atoms with Crippen LogP contribution < -0.4 is 5.73 Å². The number of nitro groups is 1. The Morgan fingerprint density at radius 3 is 2.86 bits per heavy atom. The summed E-state index contributed by atoms with van der Waals surface area (Å²) < 4.78 is 2.68. The minimum absolute atomic E-state index is 0.0151. The van der Waals surface area contributed by atoms with Crippen molar-refractivity contribution in [2.75, 3.05) is 5.73 Å². The predicted molar refractivity (Wildman–Crippen MR) is 84.1 cm³/mol. The van der Waals surface area contributed by atoms with Gasteiger partial charge in [-0.15, -0.1) is 0 Å². The van der Waals surface area contributed by atoms with Crippen molar-refractivity contribution in [3.8, 4) is 11.3 Å². The van der Waals surface area contributed by atoms with E-state index in [1.165, 1.54) is 12.1 Å². The summed E-state index contributed by atoms with van der Waals surface area (Å²) in [5.41, 5.74) is 9.05. The van der Waals surface area contributed by atoms with Crippen LogP contribution in [0.4, 0.5) is 11.5 Å². The quantitative estimate of drug-likeness (QED) is 0.567. The fourth-order valence-electron chi connectivity index (χ4n) is 2.16. The number of imidazole rings is 1. The number of halogens is 1. The molecule has 21 heavy (non-hydrogen) atoms. The number of pyridine rings is 1. The Balaban J connectivity index is 2.23. The minimum atomic E-state index is -0.434. The third kappa shape index (κ3) is 2.25. The highest BCUT2D eigenvalue weighted by atomic mass is 79.9. The summed E-state index contributed by atoms with van der Waals surface area (Å²) >= 11 is 3.45. The number of anilines is 1. The summed E-state index contributed by atoms with van der Waals surface area (Å²) in [5, 5.41) is 10.9. The van der Waals surface area contributed by atoms with E-state index in [0.717, 1.165) is 10.0 Å². The molecular weight excluding hydrogens is 336 g/mol. The van der Waals surface area contributed by atoms with Crippen molar-refractivity contribution in [2.24, 2.45) is 0 Å². The second-order valence-electron chi connectivity index (χ2n) is 4.69. The molecule has 0 fully saturated rings. The van der Waals surface area contributed by atoms with E-state index in [0.29, 0.717) is 22.7 Å². The van der Waals surface area contributed by atoms with Gasteiger partial charge in [-0.3, -0.25) is 14.5 Å². The average molecular weight is 347 g/mol. The molecule has 0 atom stereocenters. The topological polar surface area (TPSA) is 86.5 Å². The number of hydrogen-bond donors (Lipinski definition) is 1. The fraction of sp³-hybridized carbons (Fsp3) is 0.0714. The molecular formula is C14H11BrN4O2. The Bertz CT molecular complexity index is 873. The molecule has 0 saturated carbocycles. The maximum atomic E-state index is 10.9. The first-order valence-electron chi connectivity index (χ1n) is 6.16. The van der Waals surface area contributed by atoms with E-state index in [9.17, 15) is 10.1 Å². The van der Waals surface area contributed by atoms with Crippen molar-refractivity contribution in [1.82, 2.24) is 9.38 Å². The number of nitrogens with two attached hydrogens (primary N) is 1. The molecule has 0 saturated heterocycles. The summed E-state index contributed by atoms with van der Waals surface area (Å²) in [7, 11) is 0. The molecule has 106 valence electrons. The van der Waals surface area contributed by atoms with Crippen LogP contribution in [-0.2, 0) is 0 Å². The number of nitro benzene ring substituents is 1. The van der Waals surface area contributed by atoms with Crippen LogP contribution in [0.1, 0.15) is 5.56 Å². The van der Waals surface area contributed by atoms with Crippen LogP contribution in [0.5, 0.6) is 0 Å². The van der Waals surface area contributed by atoms with Gasteiger partial charge in [0.2, 0.25) is 0 Å². The van der Waals surface area contributed by atoms with Gasteiger partial charge in [0.05, 0.1) is 4.92 Å². The van der Waals surface area contributed by atoms with Gasteiger partial charge in [0.15, 0.2) is 0 Å². The number of rotatable bonds is 2. The van der Waals surface area contributed by atoms with Crippen LogP contribution in [0, 0.1) is 17.0 Å². The highest BCUT2D eigenvalue weighted by Crippen LogP contribution is 2.30. The van der Waals surface area contributed by atoms with E-state index < -0.39 is 4.92 Å². The second-order valence-corrected chi connectivity index (χ2v) is 5.54. The Kier molecular flexibility index (Phi) is 3.13. The molecule has 0 aliphatic heterocycles. The zero-order valence-corrected chi connectivity index (χ0v) is 12.7. The van der Waals surface area contributed by atoms with Crippen molar-refractivity contribution in [2.45, 2.75) is 6.92 Å². The van der Waals surface area contributed by atoms with Crippen molar-refractivity contribution in [1.29, 1.82) is 0 Å². The number of aryl methyl sites for hydroxylation is 1. The van der Waals surface area contributed by atoms with Gasteiger partial charge in [0.1, 0.15) is 17.2 Å². The van der Waals surface area contributed by atoms with E-state index in [1.54, 1.807) is 16.5 Å². The standard InChI is InChI=1S/C14H11BrN4O2/c1-8-5-12-17-13(14(16)18(12)7-11(8)15)9-3-2-4-10(6-9)19(20)21/h2-7H,16H2,1H3. The van der Waals surface area contributed by atoms with E-state index in [2.05, 4.69) is 20.9 Å². The zero-order valence-electron chi connectivity index (χ0n) is 11.1. The highest BCUT2D eigenvalue weighted by Gasteiger charge is 2.15. The van der Waals surface area contributed by atoms with Crippen LogP contribution >= 0.6 is 15.9 Å². The molecule has 3 aromatic rings. The maximum absolute atomic E-state index is 10.9. The molecule has 7 heteroatoms. The largest absolute Gasteiger partial charge is 0.383 e. The lowest BCUT2D eigenvalue weighted by Gasteiger charge is -2.01. The van der Waals surface area contributed by atoms with Gasteiger partial charge in [0.25, 0.3) is 5.69 Å². The van der Waals surface area contributed by atoms with Crippen LogP contribution in [0.15, 0.2) is 41.0 Å². The number of nitrogens with zero attached hydrogens (tertiary/aromatic N) is 3. The van der Waals surface area contributed by atoms with Crippen LogP contribution in [0.3, 0.4) is 0 Å². The highest BCUT2D eigenvalue weighted by molar-refractivity contribution is 9.10. The SMILES string of the molecule is Cc1cc2nc(-c3cccc([N+](=O)[O-])c3)c(N)n2cc1Br. The Labute approximate surface area is 128 Å². The third-order valence-corrected chi connectivity index (χ3v) is 4.10. The number of non-ortho nitro benzene ring substituents is 1. The molecule has 3 rings (SSSR count). The number of fused-ring (bicyclic) bond motifs is 1. The normalized spacial score (nSPS) is 11.0. The molecule has 0 aliphatic carbocycles. The molecule has 2 N–H and O–H groups in total. The summed E-state index contributed by atoms with van der Waals surface area (Å²) in [6.07, 6.45) is 1.84. The molecule has 0 radical (unpaired) electrons. The van der Waals surface area contributed by atoms with Gasteiger partial charge in [-0.2, -0.15) is 0 Å². The van der Waals surface area contributed by atoms with Gasteiger partial charge in [0, 0.05) is 28.4 Å². The Morgan fingerprint density at radius 2 is 2.14 bits per heavy atom. The van der Waals surface area contributed by atoms with Crippen LogP contribution in [-0.4, -0.2) is 14.3 Å². The summed E-state index contributed by atoms with van der Waals surface area (Å²) in [6.45, 7) is 1.96. The summed E-state index contributed by atoms with van der Waals surface area (Å²) in [6, 6.07) is 8.20. The van der Waals surface area contributed by atoms with Crippen molar-refractivity contribution >= 4 is 33.1 Å². The van der Waals surface area contributed by atoms with Crippen LogP contribution in [0.2, 0.25) is 0 Å². The number of nitrogen functional groups attached to an aromatic ring is 1. The molecule has 0 aliphatic rings. The summed E-state index contributed by atoms with van der Waals surface area (Å²) in [5.74, 6) is 0.450.